The number of halogens is 1. The first-order valence-electron chi connectivity index (χ1n) is 6.01. The first-order valence-corrected chi connectivity index (χ1v) is 6.39. The molecule has 1 fully saturated rings. The van der Waals surface area contributed by atoms with Gasteiger partial charge >= 0.3 is 6.03 Å². The Kier molecular flexibility index (Phi) is 3.78. The highest BCUT2D eigenvalue weighted by molar-refractivity contribution is 6.31. The van der Waals surface area contributed by atoms with Gasteiger partial charge in [-0.15, -0.1) is 0 Å². The van der Waals surface area contributed by atoms with Crippen LogP contribution in [0.15, 0.2) is 18.2 Å². The normalized spacial score (nSPS) is 20.4. The third-order valence-corrected chi connectivity index (χ3v) is 3.74. The van der Waals surface area contributed by atoms with E-state index in [-0.39, 0.29) is 6.03 Å². The maximum absolute atomic E-state index is 12.2. The van der Waals surface area contributed by atoms with Gasteiger partial charge in [-0.05, 0) is 31.2 Å². The minimum atomic E-state index is -0.000352. The summed E-state index contributed by atoms with van der Waals surface area (Å²) in [4.78, 5) is 15.6. The third-order valence-electron chi connectivity index (χ3n) is 3.33. The summed E-state index contributed by atoms with van der Waals surface area (Å²) in [5.74, 6) is 0.299. The van der Waals surface area contributed by atoms with Crippen LogP contribution in [0.25, 0.3) is 0 Å². The van der Waals surface area contributed by atoms with Gasteiger partial charge in [0.15, 0.2) is 0 Å². The predicted molar refractivity (Wildman–Crippen MR) is 74.1 cm³/mol. The number of nitrogens with two attached hydrogens (primary N) is 1. The summed E-state index contributed by atoms with van der Waals surface area (Å²) in [6.07, 6.45) is 0. The highest BCUT2D eigenvalue weighted by Gasteiger charge is 2.29. The van der Waals surface area contributed by atoms with Crippen molar-refractivity contribution in [2.24, 2.45) is 11.7 Å². The number of rotatable bonds is 2. The molecule has 4 nitrogen and oxygen atoms in total. The van der Waals surface area contributed by atoms with Gasteiger partial charge in [0.25, 0.3) is 0 Å². The van der Waals surface area contributed by atoms with Crippen molar-refractivity contribution >= 4 is 23.3 Å². The molecule has 1 aliphatic heterocycles. The van der Waals surface area contributed by atoms with Crippen LogP contribution in [0.5, 0.6) is 0 Å². The molecular weight excluding hydrogens is 250 g/mol. The van der Waals surface area contributed by atoms with Gasteiger partial charge in [-0.1, -0.05) is 17.7 Å². The van der Waals surface area contributed by atoms with Crippen molar-refractivity contribution in [3.05, 3.63) is 28.8 Å². The predicted octanol–water partition coefficient (Wildman–Crippen LogP) is 2.10. The molecule has 1 atom stereocenters. The van der Waals surface area contributed by atoms with Gasteiger partial charge in [0.2, 0.25) is 0 Å². The molecule has 5 heteroatoms. The van der Waals surface area contributed by atoms with Crippen molar-refractivity contribution in [2.75, 3.05) is 31.6 Å². The van der Waals surface area contributed by atoms with Gasteiger partial charge in [-0.2, -0.15) is 0 Å². The Hall–Kier alpha value is -1.26. The van der Waals surface area contributed by atoms with Gasteiger partial charge in [-0.3, -0.25) is 4.90 Å². The van der Waals surface area contributed by atoms with Crippen LogP contribution in [0.2, 0.25) is 5.02 Å². The fourth-order valence-corrected chi connectivity index (χ4v) is 2.35. The average molecular weight is 268 g/mol. The van der Waals surface area contributed by atoms with Crippen LogP contribution in [0, 0.1) is 12.8 Å². The number of amides is 2. The minimum absolute atomic E-state index is 0.000352. The zero-order valence-electron chi connectivity index (χ0n) is 10.7. The molecule has 0 bridgehead atoms. The Labute approximate surface area is 112 Å². The summed E-state index contributed by atoms with van der Waals surface area (Å²) in [7, 11) is 1.80. The van der Waals surface area contributed by atoms with E-state index < -0.39 is 0 Å². The van der Waals surface area contributed by atoms with Crippen LogP contribution >= 0.6 is 11.6 Å². The van der Waals surface area contributed by atoms with E-state index in [0.717, 1.165) is 11.3 Å². The fraction of sp³-hybridized carbons (Fsp3) is 0.462. The van der Waals surface area contributed by atoms with Crippen LogP contribution in [-0.2, 0) is 0 Å². The lowest BCUT2D eigenvalue weighted by Gasteiger charge is -2.38. The molecule has 0 radical (unpaired) electrons. The van der Waals surface area contributed by atoms with E-state index in [9.17, 15) is 4.79 Å². The zero-order valence-corrected chi connectivity index (χ0v) is 11.4. The molecule has 1 aromatic rings. The first kappa shape index (κ1) is 13.2. The van der Waals surface area contributed by atoms with Gasteiger partial charge in [-0.25, -0.2) is 4.79 Å². The summed E-state index contributed by atoms with van der Waals surface area (Å²) in [6.45, 7) is 3.89. The monoisotopic (exact) mass is 267 g/mol. The smallest absolute Gasteiger partial charge is 0.324 e. The fourth-order valence-electron chi connectivity index (χ4n) is 2.18. The van der Waals surface area contributed by atoms with Crippen LogP contribution < -0.4 is 10.6 Å². The second-order valence-electron chi connectivity index (χ2n) is 4.81. The van der Waals surface area contributed by atoms with Crippen LogP contribution in [-0.4, -0.2) is 37.6 Å². The lowest BCUT2D eigenvalue weighted by molar-refractivity contribution is 0.194. The Morgan fingerprint density at radius 2 is 2.17 bits per heavy atom. The SMILES string of the molecule is Cc1ccc(N2CC(CN)CN(C)C2=O)cc1Cl. The molecule has 1 heterocycles. The molecule has 1 aromatic carbocycles. The second kappa shape index (κ2) is 5.16. The van der Waals surface area contributed by atoms with Crippen molar-refractivity contribution in [3.63, 3.8) is 0 Å². The molecule has 1 saturated heterocycles. The van der Waals surface area contributed by atoms with Gasteiger partial charge < -0.3 is 10.6 Å². The molecule has 2 amide bonds. The van der Waals surface area contributed by atoms with E-state index in [1.54, 1.807) is 16.8 Å². The molecule has 0 aliphatic carbocycles. The Morgan fingerprint density at radius 1 is 1.44 bits per heavy atom. The van der Waals surface area contributed by atoms with Gasteiger partial charge in [0.05, 0.1) is 0 Å². The maximum Gasteiger partial charge on any atom is 0.324 e. The molecule has 0 spiro atoms. The summed E-state index contributed by atoms with van der Waals surface area (Å²) in [6, 6.07) is 5.68. The number of nitrogens with zero attached hydrogens (tertiary/aromatic N) is 2. The van der Waals surface area contributed by atoms with Crippen molar-refractivity contribution in [2.45, 2.75) is 6.92 Å². The molecule has 1 unspecified atom stereocenters. The highest BCUT2D eigenvalue weighted by atomic mass is 35.5. The first-order chi connectivity index (χ1) is 8.52. The highest BCUT2D eigenvalue weighted by Crippen LogP contribution is 2.26. The molecule has 18 heavy (non-hydrogen) atoms. The van der Waals surface area contributed by atoms with Crippen molar-refractivity contribution < 1.29 is 4.79 Å². The van der Waals surface area contributed by atoms with Crippen LogP contribution in [0.1, 0.15) is 5.56 Å². The topological polar surface area (TPSA) is 49.6 Å². The molecule has 98 valence electrons. The van der Waals surface area contributed by atoms with Gasteiger partial charge in [0.1, 0.15) is 0 Å². The zero-order chi connectivity index (χ0) is 13.3. The van der Waals surface area contributed by atoms with Crippen molar-refractivity contribution in [1.82, 2.24) is 4.90 Å². The molecule has 0 saturated carbocycles. The summed E-state index contributed by atoms with van der Waals surface area (Å²) < 4.78 is 0. The largest absolute Gasteiger partial charge is 0.330 e. The third kappa shape index (κ3) is 2.44. The number of hydrogen-bond acceptors (Lipinski definition) is 2. The quantitative estimate of drug-likeness (QED) is 0.892. The summed E-state index contributed by atoms with van der Waals surface area (Å²) in [5, 5.41) is 0.679. The molecule has 0 aromatic heterocycles. The van der Waals surface area contributed by atoms with E-state index in [4.69, 9.17) is 17.3 Å². The number of carbonyl (C=O) groups excluding carboxylic acids is 1. The number of anilines is 1. The lowest BCUT2D eigenvalue weighted by Crippen LogP contribution is -2.53. The van der Waals surface area contributed by atoms with Crippen molar-refractivity contribution in [3.8, 4) is 0 Å². The van der Waals surface area contributed by atoms with Gasteiger partial charge in [0, 0.05) is 36.8 Å². The van der Waals surface area contributed by atoms with E-state index in [1.165, 1.54) is 0 Å². The number of urea groups is 1. The van der Waals surface area contributed by atoms with E-state index in [1.807, 2.05) is 25.1 Å². The van der Waals surface area contributed by atoms with E-state index in [0.29, 0.717) is 30.6 Å². The molecular formula is C13H18ClN3O. The van der Waals surface area contributed by atoms with Crippen LogP contribution in [0.4, 0.5) is 10.5 Å². The Morgan fingerprint density at radius 3 is 2.78 bits per heavy atom. The Bertz CT molecular complexity index is 464. The molecule has 1 aliphatic rings. The Balaban J connectivity index is 2.29. The second-order valence-corrected chi connectivity index (χ2v) is 5.22. The summed E-state index contributed by atoms with van der Waals surface area (Å²) >= 11 is 6.11. The lowest BCUT2D eigenvalue weighted by atomic mass is 10.1. The average Bonchev–Trinajstić information content (AvgIpc) is 2.36. The molecule has 2 N–H and O–H groups in total. The minimum Gasteiger partial charge on any atom is -0.330 e. The van der Waals surface area contributed by atoms with Crippen molar-refractivity contribution in [1.29, 1.82) is 0 Å². The molecule has 2 rings (SSSR count). The number of carbonyl (C=O) groups is 1. The number of benzene rings is 1. The standard InChI is InChI=1S/C13H18ClN3O/c1-9-3-4-11(5-12(9)14)17-8-10(6-15)7-16(2)13(17)18/h3-5,10H,6-8,15H2,1-2H3. The number of aryl methyl sites for hydroxylation is 1. The number of hydrogen-bond donors (Lipinski definition) is 1. The summed E-state index contributed by atoms with van der Waals surface area (Å²) in [5.41, 5.74) is 7.56. The maximum atomic E-state index is 12.2. The van der Waals surface area contributed by atoms with Crippen LogP contribution in [0.3, 0.4) is 0 Å². The van der Waals surface area contributed by atoms with E-state index >= 15 is 0 Å². The van der Waals surface area contributed by atoms with E-state index in [2.05, 4.69) is 0 Å².